The first-order chi connectivity index (χ1) is 17.5. The van der Waals surface area contributed by atoms with Crippen LogP contribution in [-0.2, 0) is 32.2 Å². The molecule has 2 atom stereocenters. The molecule has 206 valence electrons. The topological polar surface area (TPSA) is 71.0 Å². The quantitative estimate of drug-likeness (QED) is 0.240. The number of ether oxygens (including phenoxy) is 2. The van der Waals surface area contributed by atoms with Gasteiger partial charge in [0.05, 0.1) is 29.7 Å². The van der Waals surface area contributed by atoms with Gasteiger partial charge in [-0.1, -0.05) is 47.3 Å². The Balaban J connectivity index is 1.41. The SMILES string of the molecule is CC(C)(C)OC(=O)N1CC2(C1)OCc1cc(C3(O)CC(c4cc(Cl)c(F)c(Cl)c4)(C(F)(F)F)SN3)ccc12. The van der Waals surface area contributed by atoms with Crippen LogP contribution in [0, 0.1) is 5.82 Å². The van der Waals surface area contributed by atoms with E-state index in [1.54, 1.807) is 32.9 Å². The van der Waals surface area contributed by atoms with Crippen molar-refractivity contribution in [1.82, 2.24) is 9.62 Å². The summed E-state index contributed by atoms with van der Waals surface area (Å²) in [5.41, 5.74) is -2.13. The van der Waals surface area contributed by atoms with Gasteiger partial charge in [-0.3, -0.25) is 0 Å². The highest BCUT2D eigenvalue weighted by Gasteiger charge is 2.65. The van der Waals surface area contributed by atoms with Crippen molar-refractivity contribution in [1.29, 1.82) is 0 Å². The molecule has 0 bridgehead atoms. The number of likely N-dealkylation sites (tertiary alicyclic amines) is 1. The lowest BCUT2D eigenvalue weighted by Gasteiger charge is -2.47. The van der Waals surface area contributed by atoms with Gasteiger partial charge >= 0.3 is 12.3 Å². The molecule has 3 aliphatic heterocycles. The van der Waals surface area contributed by atoms with Crippen LogP contribution in [0.5, 0.6) is 0 Å². The lowest BCUT2D eigenvalue weighted by molar-refractivity contribution is -0.172. The van der Waals surface area contributed by atoms with E-state index in [4.69, 9.17) is 32.7 Å². The first-order valence-corrected chi connectivity index (χ1v) is 13.2. The lowest BCUT2D eigenvalue weighted by atomic mass is 9.82. The highest BCUT2D eigenvalue weighted by molar-refractivity contribution is 7.98. The molecule has 2 unspecified atom stereocenters. The van der Waals surface area contributed by atoms with Gasteiger partial charge < -0.3 is 19.5 Å². The Morgan fingerprint density at radius 1 is 1.13 bits per heavy atom. The fraction of sp³-hybridized carbons (Fsp3) is 0.480. The van der Waals surface area contributed by atoms with Crippen molar-refractivity contribution in [2.75, 3.05) is 13.1 Å². The summed E-state index contributed by atoms with van der Waals surface area (Å²) >= 11 is 11.9. The van der Waals surface area contributed by atoms with Crippen LogP contribution in [0.4, 0.5) is 22.4 Å². The molecular formula is C25H24Cl2F4N2O4S. The predicted molar refractivity (Wildman–Crippen MR) is 134 cm³/mol. The molecule has 38 heavy (non-hydrogen) atoms. The third-order valence-corrected chi connectivity index (χ3v) is 8.88. The number of carbonyl (C=O) groups is 1. The summed E-state index contributed by atoms with van der Waals surface area (Å²) in [5, 5.41) is 10.3. The summed E-state index contributed by atoms with van der Waals surface area (Å²) in [5.74, 6) is -1.02. The summed E-state index contributed by atoms with van der Waals surface area (Å²) in [6.45, 7) is 6.04. The second-order valence-electron chi connectivity index (χ2n) is 10.8. The van der Waals surface area contributed by atoms with Crippen molar-refractivity contribution in [3.8, 4) is 0 Å². The minimum absolute atomic E-state index is 0.169. The van der Waals surface area contributed by atoms with Crippen molar-refractivity contribution >= 4 is 41.2 Å². The smallest absolute Gasteiger partial charge is 0.410 e. The normalized spacial score (nSPS) is 26.4. The molecule has 3 heterocycles. The van der Waals surface area contributed by atoms with E-state index in [-0.39, 0.29) is 42.8 Å². The zero-order valence-electron chi connectivity index (χ0n) is 20.5. The van der Waals surface area contributed by atoms with Crippen molar-refractivity contribution in [3.05, 3.63) is 68.4 Å². The van der Waals surface area contributed by atoms with Gasteiger partial charge in [0.15, 0.2) is 16.3 Å². The van der Waals surface area contributed by atoms with Gasteiger partial charge in [-0.25, -0.2) is 13.9 Å². The molecule has 13 heteroatoms. The monoisotopic (exact) mass is 594 g/mol. The number of hydrogen-bond donors (Lipinski definition) is 2. The molecular weight excluding hydrogens is 571 g/mol. The van der Waals surface area contributed by atoms with Crippen LogP contribution in [0.25, 0.3) is 0 Å². The average Bonchev–Trinajstić information content (AvgIpc) is 3.34. The maximum absolute atomic E-state index is 14.5. The third kappa shape index (κ3) is 4.45. The molecule has 6 nitrogen and oxygen atoms in total. The number of benzene rings is 2. The fourth-order valence-electron chi connectivity index (χ4n) is 5.03. The Labute approximate surface area is 230 Å². The first kappa shape index (κ1) is 27.8. The average molecular weight is 595 g/mol. The molecule has 0 radical (unpaired) electrons. The number of fused-ring (bicyclic) bond motifs is 2. The van der Waals surface area contributed by atoms with Gasteiger partial charge in [0, 0.05) is 6.42 Å². The minimum Gasteiger partial charge on any atom is -0.444 e. The molecule has 2 aromatic carbocycles. The van der Waals surface area contributed by atoms with E-state index in [2.05, 4.69) is 4.72 Å². The van der Waals surface area contributed by atoms with E-state index in [1.807, 2.05) is 0 Å². The second kappa shape index (κ2) is 8.87. The van der Waals surface area contributed by atoms with Crippen molar-refractivity contribution in [3.63, 3.8) is 0 Å². The van der Waals surface area contributed by atoms with Crippen LogP contribution >= 0.6 is 35.1 Å². The summed E-state index contributed by atoms with van der Waals surface area (Å²) in [6, 6.07) is 6.60. The molecule has 3 aliphatic rings. The van der Waals surface area contributed by atoms with Crippen molar-refractivity contribution < 1.29 is 36.9 Å². The molecule has 1 spiro atoms. The Hall–Kier alpha value is -1.76. The van der Waals surface area contributed by atoms with E-state index in [0.717, 1.165) is 17.7 Å². The summed E-state index contributed by atoms with van der Waals surface area (Å²) in [4.78, 5) is 13.9. The Morgan fingerprint density at radius 3 is 2.34 bits per heavy atom. The summed E-state index contributed by atoms with van der Waals surface area (Å²) in [7, 11) is 0. The molecule has 2 saturated heterocycles. The molecule has 0 aromatic heterocycles. The van der Waals surface area contributed by atoms with Crippen LogP contribution < -0.4 is 4.72 Å². The Kier molecular flexibility index (Phi) is 6.49. The van der Waals surface area contributed by atoms with Gasteiger partial charge in [-0.05, 0) is 61.2 Å². The lowest BCUT2D eigenvalue weighted by Crippen LogP contribution is -2.61. The van der Waals surface area contributed by atoms with Crippen LogP contribution in [-0.4, -0.2) is 41.0 Å². The van der Waals surface area contributed by atoms with Gasteiger partial charge in [-0.15, -0.1) is 0 Å². The first-order valence-electron chi connectivity index (χ1n) is 11.6. The van der Waals surface area contributed by atoms with Gasteiger partial charge in [-0.2, -0.15) is 13.2 Å². The number of alkyl halides is 3. The molecule has 2 aromatic rings. The van der Waals surface area contributed by atoms with Gasteiger partial charge in [0.25, 0.3) is 0 Å². The fourth-order valence-corrected chi connectivity index (χ4v) is 6.69. The highest BCUT2D eigenvalue weighted by atomic mass is 35.5. The Bertz CT molecular complexity index is 1290. The van der Waals surface area contributed by atoms with Crippen LogP contribution in [0.2, 0.25) is 10.0 Å². The van der Waals surface area contributed by atoms with Crippen molar-refractivity contribution in [2.45, 2.75) is 61.6 Å². The third-order valence-electron chi connectivity index (χ3n) is 6.93. The number of nitrogens with one attached hydrogen (secondary N) is 1. The number of nitrogens with zero attached hydrogens (tertiary/aromatic N) is 1. The molecule has 2 fully saturated rings. The van der Waals surface area contributed by atoms with Crippen LogP contribution in [0.15, 0.2) is 30.3 Å². The maximum Gasteiger partial charge on any atom is 0.410 e. The standard InChI is InChI=1S/C25H24Cl2F4N2O4S/c1-21(2,3)37-20(34)33-11-22(12-33)16-5-4-14(6-13(16)9-36-22)24(35)10-23(38-32-24,25(29,30)31)15-7-17(26)19(28)18(27)8-15/h4-8,32,35H,9-12H2,1-3H3. The zero-order valence-corrected chi connectivity index (χ0v) is 22.8. The largest absolute Gasteiger partial charge is 0.444 e. The van der Waals surface area contributed by atoms with Gasteiger partial charge in [0.1, 0.15) is 11.2 Å². The number of halogens is 6. The number of carbonyl (C=O) groups excluding carboxylic acids is 1. The highest BCUT2D eigenvalue weighted by Crippen LogP contribution is 2.60. The second-order valence-corrected chi connectivity index (χ2v) is 12.7. The molecule has 2 N–H and O–H groups in total. The van der Waals surface area contributed by atoms with Crippen LogP contribution in [0.3, 0.4) is 0 Å². The van der Waals surface area contributed by atoms with Crippen LogP contribution in [0.1, 0.15) is 49.4 Å². The molecule has 0 aliphatic carbocycles. The predicted octanol–water partition coefficient (Wildman–Crippen LogP) is 6.35. The number of aliphatic hydroxyl groups is 1. The number of hydrogen-bond acceptors (Lipinski definition) is 6. The van der Waals surface area contributed by atoms with E-state index in [0.29, 0.717) is 5.56 Å². The molecule has 5 rings (SSSR count). The minimum atomic E-state index is -4.85. The number of amides is 1. The van der Waals surface area contributed by atoms with Gasteiger partial charge in [0.2, 0.25) is 0 Å². The van der Waals surface area contributed by atoms with E-state index < -0.39 is 56.2 Å². The summed E-state index contributed by atoms with van der Waals surface area (Å²) < 4.78 is 68.7. The van der Waals surface area contributed by atoms with E-state index in [1.165, 1.54) is 11.0 Å². The number of rotatable bonds is 2. The van der Waals surface area contributed by atoms with Crippen molar-refractivity contribution in [2.24, 2.45) is 0 Å². The zero-order chi connectivity index (χ0) is 27.9. The molecule has 1 amide bonds. The van der Waals surface area contributed by atoms with E-state index in [9.17, 15) is 27.5 Å². The summed E-state index contributed by atoms with van der Waals surface area (Å²) in [6.07, 6.45) is -6.12. The maximum atomic E-state index is 14.5. The molecule has 0 saturated carbocycles. The van der Waals surface area contributed by atoms with E-state index >= 15 is 0 Å². The Morgan fingerprint density at radius 2 is 1.76 bits per heavy atom.